The summed E-state index contributed by atoms with van der Waals surface area (Å²) in [6.07, 6.45) is 1.06. The number of benzene rings is 2. The standard InChI is InChI=1S/C22H30BrNO/c1-16(2)24(17(3)4)14-13-20(18-9-7-6-8-10-18)21-15-19(23)11-12-22(21)25-5/h6-12,15-17,20H,13-14H2,1-5H3. The van der Waals surface area contributed by atoms with Crippen molar-refractivity contribution in [3.8, 4) is 5.75 Å². The average Bonchev–Trinajstić information content (AvgIpc) is 2.59. The van der Waals surface area contributed by atoms with Gasteiger partial charge in [0.05, 0.1) is 7.11 Å². The van der Waals surface area contributed by atoms with Crippen LogP contribution in [-0.4, -0.2) is 30.6 Å². The third-order valence-corrected chi connectivity index (χ3v) is 5.26. The van der Waals surface area contributed by atoms with Gasteiger partial charge in [-0.15, -0.1) is 0 Å². The summed E-state index contributed by atoms with van der Waals surface area (Å²) in [5, 5.41) is 0. The van der Waals surface area contributed by atoms with Crippen LogP contribution in [-0.2, 0) is 0 Å². The van der Waals surface area contributed by atoms with Crippen molar-refractivity contribution >= 4 is 15.9 Å². The summed E-state index contributed by atoms with van der Waals surface area (Å²) in [6.45, 7) is 10.2. The minimum Gasteiger partial charge on any atom is -0.496 e. The van der Waals surface area contributed by atoms with Crippen LogP contribution >= 0.6 is 15.9 Å². The molecule has 1 atom stereocenters. The monoisotopic (exact) mass is 403 g/mol. The molecule has 0 N–H and O–H groups in total. The Bertz CT molecular complexity index is 646. The van der Waals surface area contributed by atoms with E-state index in [1.54, 1.807) is 7.11 Å². The highest BCUT2D eigenvalue weighted by atomic mass is 79.9. The Labute approximate surface area is 161 Å². The molecule has 0 spiro atoms. The predicted octanol–water partition coefficient (Wildman–Crippen LogP) is 6.10. The maximum atomic E-state index is 5.67. The first kappa shape index (κ1) is 20.0. The first-order valence-electron chi connectivity index (χ1n) is 9.08. The van der Waals surface area contributed by atoms with Gasteiger partial charge < -0.3 is 4.74 Å². The number of hydrogen-bond acceptors (Lipinski definition) is 2. The molecular formula is C22H30BrNO. The van der Waals surface area contributed by atoms with Gasteiger partial charge in [-0.2, -0.15) is 0 Å². The van der Waals surface area contributed by atoms with Crippen LogP contribution in [0.4, 0.5) is 0 Å². The van der Waals surface area contributed by atoms with E-state index in [9.17, 15) is 0 Å². The third-order valence-electron chi connectivity index (χ3n) is 4.77. The second-order valence-corrected chi connectivity index (χ2v) is 7.98. The van der Waals surface area contributed by atoms with Crippen LogP contribution < -0.4 is 4.74 Å². The third kappa shape index (κ3) is 5.32. The molecule has 0 aromatic heterocycles. The molecule has 0 saturated heterocycles. The zero-order valence-corrected chi connectivity index (χ0v) is 17.6. The molecule has 136 valence electrons. The number of hydrogen-bond donors (Lipinski definition) is 0. The van der Waals surface area contributed by atoms with Crippen molar-refractivity contribution in [2.24, 2.45) is 0 Å². The van der Waals surface area contributed by atoms with E-state index in [1.807, 2.05) is 6.07 Å². The van der Waals surface area contributed by atoms with Crippen LogP contribution in [0.15, 0.2) is 53.0 Å². The Kier molecular flexibility index (Phi) is 7.52. The molecule has 0 fully saturated rings. The van der Waals surface area contributed by atoms with Crippen molar-refractivity contribution in [3.63, 3.8) is 0 Å². The van der Waals surface area contributed by atoms with E-state index in [0.29, 0.717) is 18.0 Å². The summed E-state index contributed by atoms with van der Waals surface area (Å²) in [5.74, 6) is 1.27. The summed E-state index contributed by atoms with van der Waals surface area (Å²) in [5.41, 5.74) is 2.59. The van der Waals surface area contributed by atoms with Crippen molar-refractivity contribution in [3.05, 3.63) is 64.1 Å². The van der Waals surface area contributed by atoms with Gasteiger partial charge in [0, 0.05) is 28.0 Å². The molecule has 2 nitrogen and oxygen atoms in total. The van der Waals surface area contributed by atoms with Gasteiger partial charge in [-0.25, -0.2) is 0 Å². The number of rotatable bonds is 8. The van der Waals surface area contributed by atoms with Crippen LogP contribution in [0.1, 0.15) is 51.2 Å². The molecule has 3 heteroatoms. The van der Waals surface area contributed by atoms with Crippen molar-refractivity contribution in [1.82, 2.24) is 4.90 Å². The highest BCUT2D eigenvalue weighted by molar-refractivity contribution is 9.10. The van der Waals surface area contributed by atoms with E-state index in [-0.39, 0.29) is 0 Å². The molecule has 0 saturated carbocycles. The maximum absolute atomic E-state index is 5.67. The second-order valence-electron chi connectivity index (χ2n) is 7.06. The van der Waals surface area contributed by atoms with Gasteiger partial charge >= 0.3 is 0 Å². The van der Waals surface area contributed by atoms with Gasteiger partial charge in [0.15, 0.2) is 0 Å². The minimum absolute atomic E-state index is 0.314. The predicted molar refractivity (Wildman–Crippen MR) is 111 cm³/mol. The van der Waals surface area contributed by atoms with Crippen LogP contribution in [0, 0.1) is 0 Å². The van der Waals surface area contributed by atoms with Crippen LogP contribution in [0.25, 0.3) is 0 Å². The smallest absolute Gasteiger partial charge is 0.122 e. The maximum Gasteiger partial charge on any atom is 0.122 e. The van der Waals surface area contributed by atoms with Gasteiger partial charge in [-0.3, -0.25) is 4.90 Å². The summed E-state index contributed by atoms with van der Waals surface area (Å²) in [7, 11) is 1.75. The number of methoxy groups -OCH3 is 1. The van der Waals surface area contributed by atoms with E-state index < -0.39 is 0 Å². The molecule has 0 aliphatic heterocycles. The van der Waals surface area contributed by atoms with E-state index in [0.717, 1.165) is 23.2 Å². The molecule has 0 bridgehead atoms. The van der Waals surface area contributed by atoms with E-state index in [2.05, 4.69) is 91.0 Å². The zero-order valence-electron chi connectivity index (χ0n) is 16.0. The lowest BCUT2D eigenvalue weighted by molar-refractivity contribution is 0.170. The Morgan fingerprint density at radius 2 is 1.60 bits per heavy atom. The topological polar surface area (TPSA) is 12.5 Å². The Balaban J connectivity index is 2.37. The molecule has 2 aromatic rings. The van der Waals surface area contributed by atoms with Gasteiger partial charge in [0.1, 0.15) is 5.75 Å². The molecule has 0 aliphatic rings. The van der Waals surface area contributed by atoms with Crippen molar-refractivity contribution in [2.45, 2.75) is 52.1 Å². The minimum atomic E-state index is 0.314. The lowest BCUT2D eigenvalue weighted by Gasteiger charge is -2.32. The van der Waals surface area contributed by atoms with Crippen LogP contribution in [0.2, 0.25) is 0 Å². The number of halogens is 1. The first-order chi connectivity index (χ1) is 11.9. The van der Waals surface area contributed by atoms with Crippen molar-refractivity contribution in [1.29, 1.82) is 0 Å². The highest BCUT2D eigenvalue weighted by Gasteiger charge is 2.21. The summed E-state index contributed by atoms with van der Waals surface area (Å²) in [4.78, 5) is 2.56. The molecule has 1 unspecified atom stereocenters. The number of ether oxygens (including phenoxy) is 1. The number of nitrogens with zero attached hydrogens (tertiary/aromatic N) is 1. The Morgan fingerprint density at radius 3 is 2.16 bits per heavy atom. The Morgan fingerprint density at radius 1 is 0.960 bits per heavy atom. The molecule has 0 aliphatic carbocycles. The molecule has 0 radical (unpaired) electrons. The van der Waals surface area contributed by atoms with Gasteiger partial charge in [0.25, 0.3) is 0 Å². The molecule has 25 heavy (non-hydrogen) atoms. The van der Waals surface area contributed by atoms with Crippen LogP contribution in [0.3, 0.4) is 0 Å². The fourth-order valence-corrected chi connectivity index (χ4v) is 3.93. The van der Waals surface area contributed by atoms with E-state index in [4.69, 9.17) is 4.74 Å². The SMILES string of the molecule is COc1ccc(Br)cc1C(CCN(C(C)C)C(C)C)c1ccccc1. The Hall–Kier alpha value is -1.32. The average molecular weight is 404 g/mol. The normalized spacial score (nSPS) is 12.8. The largest absolute Gasteiger partial charge is 0.496 e. The fourth-order valence-electron chi connectivity index (χ4n) is 3.56. The lowest BCUT2D eigenvalue weighted by atomic mass is 9.87. The lowest BCUT2D eigenvalue weighted by Crippen LogP contribution is -2.38. The van der Waals surface area contributed by atoms with E-state index in [1.165, 1.54) is 11.1 Å². The summed E-state index contributed by atoms with van der Waals surface area (Å²) in [6, 6.07) is 18.1. The molecule has 2 rings (SSSR count). The van der Waals surface area contributed by atoms with Crippen molar-refractivity contribution in [2.75, 3.05) is 13.7 Å². The fraction of sp³-hybridized carbons (Fsp3) is 0.455. The summed E-state index contributed by atoms with van der Waals surface area (Å²) >= 11 is 3.63. The molecule has 0 heterocycles. The first-order valence-corrected chi connectivity index (χ1v) is 9.87. The van der Waals surface area contributed by atoms with Gasteiger partial charge in [-0.05, 0) is 64.4 Å². The van der Waals surface area contributed by atoms with Crippen LogP contribution in [0.5, 0.6) is 5.75 Å². The van der Waals surface area contributed by atoms with Crippen molar-refractivity contribution < 1.29 is 4.74 Å². The second kappa shape index (κ2) is 9.40. The summed E-state index contributed by atoms with van der Waals surface area (Å²) < 4.78 is 6.76. The molecular weight excluding hydrogens is 374 g/mol. The van der Waals surface area contributed by atoms with E-state index >= 15 is 0 Å². The quantitative estimate of drug-likeness (QED) is 0.527. The highest BCUT2D eigenvalue weighted by Crippen LogP contribution is 2.36. The molecule has 2 aromatic carbocycles. The van der Waals surface area contributed by atoms with Gasteiger partial charge in [-0.1, -0.05) is 46.3 Å². The van der Waals surface area contributed by atoms with Gasteiger partial charge in [0.2, 0.25) is 0 Å². The zero-order chi connectivity index (χ0) is 18.4. The molecule has 0 amide bonds.